The number of rotatable bonds is 5. The summed E-state index contributed by atoms with van der Waals surface area (Å²) in [6.07, 6.45) is 1.30. The van der Waals surface area contributed by atoms with Gasteiger partial charge < -0.3 is 5.32 Å². The van der Waals surface area contributed by atoms with Gasteiger partial charge in [-0.1, -0.05) is 6.92 Å². The first-order chi connectivity index (χ1) is 9.99. The van der Waals surface area contributed by atoms with Crippen LogP contribution in [0.5, 0.6) is 0 Å². The van der Waals surface area contributed by atoms with Crippen LogP contribution < -0.4 is 5.32 Å². The number of aryl methyl sites for hydroxylation is 1. The van der Waals surface area contributed by atoms with Gasteiger partial charge in [0.15, 0.2) is 0 Å². The Morgan fingerprint density at radius 1 is 1.05 bits per heavy atom. The van der Waals surface area contributed by atoms with Crippen LogP contribution in [0, 0.1) is 25.5 Å². The maximum absolute atomic E-state index is 13.2. The lowest BCUT2D eigenvalue weighted by Crippen LogP contribution is -2.09. The van der Waals surface area contributed by atoms with Crippen LogP contribution in [0.25, 0.3) is 0 Å². The highest BCUT2D eigenvalue weighted by Gasteiger charge is 2.09. The highest BCUT2D eigenvalue weighted by molar-refractivity contribution is 5.45. The van der Waals surface area contributed by atoms with Crippen molar-refractivity contribution < 1.29 is 8.78 Å². The van der Waals surface area contributed by atoms with Crippen molar-refractivity contribution in [3.8, 4) is 0 Å². The van der Waals surface area contributed by atoms with E-state index in [4.69, 9.17) is 0 Å². The first kappa shape index (κ1) is 15.4. The molecular formula is C16H19F2N3. The van der Waals surface area contributed by atoms with Crippen molar-refractivity contribution in [2.24, 2.45) is 0 Å². The van der Waals surface area contributed by atoms with Crippen molar-refractivity contribution in [2.75, 3.05) is 11.9 Å². The van der Waals surface area contributed by atoms with Crippen molar-refractivity contribution in [3.63, 3.8) is 0 Å². The molecule has 0 spiro atoms. The fourth-order valence-corrected chi connectivity index (χ4v) is 2.08. The van der Waals surface area contributed by atoms with Crippen LogP contribution in [-0.4, -0.2) is 16.5 Å². The van der Waals surface area contributed by atoms with Crippen LogP contribution in [0.15, 0.2) is 18.2 Å². The summed E-state index contributed by atoms with van der Waals surface area (Å²) in [7, 11) is 0. The van der Waals surface area contributed by atoms with Crippen molar-refractivity contribution >= 4 is 5.82 Å². The largest absolute Gasteiger partial charge is 0.370 e. The molecule has 3 nitrogen and oxygen atoms in total. The number of nitrogens with zero attached hydrogens (tertiary/aromatic N) is 2. The molecule has 1 aromatic heterocycles. The van der Waals surface area contributed by atoms with Gasteiger partial charge in [-0.2, -0.15) is 0 Å². The molecule has 0 unspecified atom stereocenters. The highest BCUT2D eigenvalue weighted by Crippen LogP contribution is 2.17. The van der Waals surface area contributed by atoms with Gasteiger partial charge in [-0.25, -0.2) is 18.7 Å². The van der Waals surface area contributed by atoms with Crippen molar-refractivity contribution in [1.82, 2.24) is 9.97 Å². The minimum atomic E-state index is -0.585. The Bertz CT molecular complexity index is 621. The van der Waals surface area contributed by atoms with Gasteiger partial charge in [-0.3, -0.25) is 0 Å². The van der Waals surface area contributed by atoms with E-state index in [2.05, 4.69) is 22.2 Å². The van der Waals surface area contributed by atoms with Crippen LogP contribution in [0.4, 0.5) is 14.6 Å². The van der Waals surface area contributed by atoms with Crippen LogP contribution in [0.1, 0.15) is 36.0 Å². The average molecular weight is 291 g/mol. The molecule has 0 aliphatic carbocycles. The molecule has 0 saturated carbocycles. The van der Waals surface area contributed by atoms with Crippen molar-refractivity contribution in [2.45, 2.75) is 33.6 Å². The lowest BCUT2D eigenvalue weighted by atomic mass is 10.1. The standard InChI is InChI=1S/C16H19F2N3/c1-4-5-19-16-10(2)11(3)20-15(21-16)8-12-6-13(17)9-14(18)7-12/h6-7,9H,4-5,8H2,1-3H3,(H,19,20,21). The van der Waals surface area contributed by atoms with Crippen LogP contribution in [0.2, 0.25) is 0 Å². The molecule has 2 aromatic rings. The summed E-state index contributed by atoms with van der Waals surface area (Å²) in [4.78, 5) is 8.86. The van der Waals surface area contributed by atoms with E-state index in [-0.39, 0.29) is 0 Å². The van der Waals surface area contributed by atoms with E-state index < -0.39 is 11.6 Å². The molecule has 1 heterocycles. The molecule has 0 saturated heterocycles. The van der Waals surface area contributed by atoms with E-state index in [1.165, 1.54) is 12.1 Å². The smallest absolute Gasteiger partial charge is 0.135 e. The third-order valence-corrected chi connectivity index (χ3v) is 3.26. The molecule has 1 N–H and O–H groups in total. The van der Waals surface area contributed by atoms with Gasteiger partial charge in [-0.15, -0.1) is 0 Å². The van der Waals surface area contributed by atoms with Gasteiger partial charge in [0, 0.05) is 30.3 Å². The maximum Gasteiger partial charge on any atom is 0.135 e. The van der Waals surface area contributed by atoms with Gasteiger partial charge in [0.05, 0.1) is 0 Å². The summed E-state index contributed by atoms with van der Waals surface area (Å²) in [6, 6.07) is 3.47. The topological polar surface area (TPSA) is 37.8 Å². The van der Waals surface area contributed by atoms with Crippen LogP contribution in [0.3, 0.4) is 0 Å². The molecule has 112 valence electrons. The van der Waals surface area contributed by atoms with E-state index in [0.29, 0.717) is 17.8 Å². The van der Waals surface area contributed by atoms with Gasteiger partial charge in [0.25, 0.3) is 0 Å². The SMILES string of the molecule is CCCNc1nc(Cc2cc(F)cc(F)c2)nc(C)c1C. The summed E-state index contributed by atoms with van der Waals surface area (Å²) < 4.78 is 26.5. The monoisotopic (exact) mass is 291 g/mol. The zero-order chi connectivity index (χ0) is 15.4. The molecule has 21 heavy (non-hydrogen) atoms. The maximum atomic E-state index is 13.2. The highest BCUT2D eigenvalue weighted by atomic mass is 19.1. The Morgan fingerprint density at radius 2 is 1.71 bits per heavy atom. The second-order valence-electron chi connectivity index (χ2n) is 5.08. The van der Waals surface area contributed by atoms with E-state index >= 15 is 0 Å². The fraction of sp³-hybridized carbons (Fsp3) is 0.375. The second kappa shape index (κ2) is 6.61. The number of hydrogen-bond donors (Lipinski definition) is 1. The molecule has 2 rings (SSSR count). The summed E-state index contributed by atoms with van der Waals surface area (Å²) in [5.74, 6) is 0.175. The lowest BCUT2D eigenvalue weighted by Gasteiger charge is -2.12. The first-order valence-corrected chi connectivity index (χ1v) is 7.02. The first-order valence-electron chi connectivity index (χ1n) is 7.02. The normalized spacial score (nSPS) is 10.7. The minimum Gasteiger partial charge on any atom is -0.370 e. The zero-order valence-electron chi connectivity index (χ0n) is 12.5. The molecule has 0 aliphatic heterocycles. The summed E-state index contributed by atoms with van der Waals surface area (Å²) >= 11 is 0. The van der Waals surface area contributed by atoms with Gasteiger partial charge in [0.2, 0.25) is 0 Å². The third kappa shape index (κ3) is 3.97. The van der Waals surface area contributed by atoms with Crippen LogP contribution in [-0.2, 0) is 6.42 Å². The molecule has 0 fully saturated rings. The average Bonchev–Trinajstić information content (AvgIpc) is 2.40. The van der Waals surface area contributed by atoms with Gasteiger partial charge in [0.1, 0.15) is 23.3 Å². The Balaban J connectivity index is 2.29. The predicted molar refractivity (Wildman–Crippen MR) is 79.5 cm³/mol. The molecule has 0 atom stereocenters. The summed E-state index contributed by atoms with van der Waals surface area (Å²) in [6.45, 7) is 6.76. The quantitative estimate of drug-likeness (QED) is 0.911. The van der Waals surface area contributed by atoms with Crippen molar-refractivity contribution in [3.05, 3.63) is 52.5 Å². The van der Waals surface area contributed by atoms with E-state index in [9.17, 15) is 8.78 Å². The van der Waals surface area contributed by atoms with Gasteiger partial charge >= 0.3 is 0 Å². The number of halogens is 2. The Labute approximate surface area is 123 Å². The number of nitrogens with one attached hydrogen (secondary N) is 1. The van der Waals surface area contributed by atoms with E-state index in [1.54, 1.807) is 0 Å². The number of benzene rings is 1. The molecule has 1 aromatic carbocycles. The molecular weight excluding hydrogens is 272 g/mol. The molecule has 0 amide bonds. The fourth-order valence-electron chi connectivity index (χ4n) is 2.08. The van der Waals surface area contributed by atoms with E-state index in [0.717, 1.165) is 36.1 Å². The number of anilines is 1. The third-order valence-electron chi connectivity index (χ3n) is 3.26. The zero-order valence-corrected chi connectivity index (χ0v) is 12.5. The minimum absolute atomic E-state index is 0.302. The van der Waals surface area contributed by atoms with Crippen LogP contribution >= 0.6 is 0 Å². The Hall–Kier alpha value is -2.04. The molecule has 0 radical (unpaired) electrons. The predicted octanol–water partition coefficient (Wildman–Crippen LogP) is 3.78. The number of aromatic nitrogens is 2. The van der Waals surface area contributed by atoms with Gasteiger partial charge in [-0.05, 0) is 38.0 Å². The summed E-state index contributed by atoms with van der Waals surface area (Å²) in [5.41, 5.74) is 2.39. The molecule has 0 bridgehead atoms. The van der Waals surface area contributed by atoms with E-state index in [1.807, 2.05) is 13.8 Å². The Morgan fingerprint density at radius 3 is 2.33 bits per heavy atom. The lowest BCUT2D eigenvalue weighted by molar-refractivity contribution is 0.580. The molecule has 0 aliphatic rings. The summed E-state index contributed by atoms with van der Waals surface area (Å²) in [5, 5.41) is 3.25. The van der Waals surface area contributed by atoms with Crippen molar-refractivity contribution in [1.29, 1.82) is 0 Å². The second-order valence-corrected chi connectivity index (χ2v) is 5.08. The number of hydrogen-bond acceptors (Lipinski definition) is 3. The molecule has 5 heteroatoms. The Kier molecular flexibility index (Phi) is 4.83.